The third-order valence-electron chi connectivity index (χ3n) is 4.89. The Morgan fingerprint density at radius 1 is 1.14 bits per heavy atom. The molecule has 3 rings (SSSR count). The number of hydrogen-bond acceptors (Lipinski definition) is 3. The minimum atomic E-state index is 0. The summed E-state index contributed by atoms with van der Waals surface area (Å²) in [5, 5.41) is 3.44. The van der Waals surface area contributed by atoms with Crippen molar-refractivity contribution in [1.29, 1.82) is 0 Å². The Labute approximate surface area is 191 Å². The second-order valence-corrected chi connectivity index (χ2v) is 7.27. The SMILES string of the molecule is CN=C(NCC(C)Oc1ccccc1)N1CCC(COCc2ccccc2)C1.I. The van der Waals surface area contributed by atoms with Crippen LogP contribution in [0.1, 0.15) is 18.9 Å². The first-order valence-electron chi connectivity index (χ1n) is 10.0. The molecule has 1 N–H and O–H groups in total. The van der Waals surface area contributed by atoms with Crippen molar-refractivity contribution in [2.24, 2.45) is 10.9 Å². The summed E-state index contributed by atoms with van der Waals surface area (Å²) in [5.41, 5.74) is 1.22. The van der Waals surface area contributed by atoms with Gasteiger partial charge in [-0.05, 0) is 31.0 Å². The van der Waals surface area contributed by atoms with E-state index >= 15 is 0 Å². The van der Waals surface area contributed by atoms with Gasteiger partial charge in [-0.25, -0.2) is 0 Å². The third-order valence-corrected chi connectivity index (χ3v) is 4.89. The molecule has 0 aliphatic carbocycles. The number of aliphatic imine (C=N–C) groups is 1. The molecule has 1 heterocycles. The van der Waals surface area contributed by atoms with Crippen molar-refractivity contribution in [3.05, 3.63) is 66.2 Å². The van der Waals surface area contributed by atoms with Crippen LogP contribution in [0.5, 0.6) is 5.75 Å². The Kier molecular flexibility index (Phi) is 10.3. The molecule has 158 valence electrons. The van der Waals surface area contributed by atoms with Gasteiger partial charge in [0, 0.05) is 26.1 Å². The summed E-state index contributed by atoms with van der Waals surface area (Å²) >= 11 is 0. The fourth-order valence-corrected chi connectivity index (χ4v) is 3.42. The molecule has 0 aromatic heterocycles. The molecule has 2 unspecified atom stereocenters. The normalized spacial score (nSPS) is 17.5. The summed E-state index contributed by atoms with van der Waals surface area (Å²) < 4.78 is 11.9. The molecular formula is C23H32IN3O2. The van der Waals surface area contributed by atoms with Gasteiger partial charge in [0.05, 0.1) is 19.8 Å². The van der Waals surface area contributed by atoms with Crippen LogP contribution in [0.4, 0.5) is 0 Å². The zero-order valence-electron chi connectivity index (χ0n) is 17.3. The number of halogens is 1. The predicted octanol–water partition coefficient (Wildman–Crippen LogP) is 4.19. The van der Waals surface area contributed by atoms with Crippen LogP contribution in [0.2, 0.25) is 0 Å². The summed E-state index contributed by atoms with van der Waals surface area (Å²) in [6.07, 6.45) is 1.19. The maximum absolute atomic E-state index is 5.93. The van der Waals surface area contributed by atoms with Gasteiger partial charge in [-0.1, -0.05) is 48.5 Å². The first kappa shape index (κ1) is 23.5. The highest BCUT2D eigenvalue weighted by Gasteiger charge is 2.25. The van der Waals surface area contributed by atoms with E-state index in [1.165, 1.54) is 5.56 Å². The topological polar surface area (TPSA) is 46.1 Å². The second kappa shape index (κ2) is 12.7. The quantitative estimate of drug-likeness (QED) is 0.330. The number of rotatable bonds is 8. The monoisotopic (exact) mass is 509 g/mol. The smallest absolute Gasteiger partial charge is 0.193 e. The highest BCUT2D eigenvalue weighted by Crippen LogP contribution is 2.17. The van der Waals surface area contributed by atoms with Crippen molar-refractivity contribution in [3.8, 4) is 5.75 Å². The molecule has 1 aliphatic rings. The van der Waals surface area contributed by atoms with Gasteiger partial charge in [0.2, 0.25) is 0 Å². The molecular weight excluding hydrogens is 477 g/mol. The van der Waals surface area contributed by atoms with Crippen LogP contribution in [-0.2, 0) is 11.3 Å². The number of para-hydroxylation sites is 1. The van der Waals surface area contributed by atoms with Gasteiger partial charge < -0.3 is 19.7 Å². The van der Waals surface area contributed by atoms with E-state index in [2.05, 4.69) is 34.3 Å². The predicted molar refractivity (Wildman–Crippen MR) is 129 cm³/mol. The van der Waals surface area contributed by atoms with Crippen LogP contribution < -0.4 is 10.1 Å². The van der Waals surface area contributed by atoms with Crippen LogP contribution in [0, 0.1) is 5.92 Å². The molecule has 29 heavy (non-hydrogen) atoms. The number of hydrogen-bond donors (Lipinski definition) is 1. The first-order chi connectivity index (χ1) is 13.7. The van der Waals surface area contributed by atoms with Crippen molar-refractivity contribution in [2.45, 2.75) is 26.1 Å². The minimum Gasteiger partial charge on any atom is -0.489 e. The average molecular weight is 509 g/mol. The average Bonchev–Trinajstić information content (AvgIpc) is 3.19. The number of likely N-dealkylation sites (tertiary alicyclic amines) is 1. The molecule has 2 atom stereocenters. The lowest BCUT2D eigenvalue weighted by atomic mass is 10.1. The Bertz CT molecular complexity index is 727. The summed E-state index contributed by atoms with van der Waals surface area (Å²) in [4.78, 5) is 6.76. The van der Waals surface area contributed by atoms with Crippen molar-refractivity contribution in [1.82, 2.24) is 10.2 Å². The number of guanidine groups is 1. The molecule has 0 radical (unpaired) electrons. The molecule has 2 aromatic carbocycles. The van der Waals surface area contributed by atoms with E-state index in [0.29, 0.717) is 19.1 Å². The highest BCUT2D eigenvalue weighted by molar-refractivity contribution is 14.0. The summed E-state index contributed by atoms with van der Waals surface area (Å²) in [7, 11) is 1.84. The fraction of sp³-hybridized carbons (Fsp3) is 0.435. The largest absolute Gasteiger partial charge is 0.489 e. The van der Waals surface area contributed by atoms with Gasteiger partial charge in [0.15, 0.2) is 5.96 Å². The van der Waals surface area contributed by atoms with E-state index in [9.17, 15) is 0 Å². The number of nitrogens with one attached hydrogen (secondary N) is 1. The lowest BCUT2D eigenvalue weighted by Gasteiger charge is -2.23. The maximum atomic E-state index is 5.93. The standard InChI is InChI=1S/C23H31N3O2.HI/c1-19(28-22-11-7-4-8-12-22)15-25-23(24-2)26-14-13-21(16-26)18-27-17-20-9-5-3-6-10-20;/h3-12,19,21H,13-18H2,1-2H3,(H,24,25);1H. The van der Waals surface area contributed by atoms with Crippen LogP contribution in [0.25, 0.3) is 0 Å². The zero-order chi connectivity index (χ0) is 19.6. The lowest BCUT2D eigenvalue weighted by molar-refractivity contribution is 0.0906. The van der Waals surface area contributed by atoms with Gasteiger partial charge in [-0.3, -0.25) is 4.99 Å². The van der Waals surface area contributed by atoms with E-state index in [0.717, 1.165) is 37.8 Å². The van der Waals surface area contributed by atoms with Gasteiger partial charge in [0.25, 0.3) is 0 Å². The number of nitrogens with zero attached hydrogens (tertiary/aromatic N) is 2. The molecule has 0 spiro atoms. The van der Waals surface area contributed by atoms with Crippen LogP contribution in [0.3, 0.4) is 0 Å². The molecule has 1 fully saturated rings. The Hall–Kier alpha value is -1.80. The maximum Gasteiger partial charge on any atom is 0.193 e. The van der Waals surface area contributed by atoms with Crippen LogP contribution in [0.15, 0.2) is 65.7 Å². The minimum absolute atomic E-state index is 0. The Morgan fingerprint density at radius 2 is 1.83 bits per heavy atom. The summed E-state index contributed by atoms with van der Waals surface area (Å²) in [6, 6.07) is 20.3. The molecule has 1 aliphatic heterocycles. The van der Waals surface area contributed by atoms with Crippen LogP contribution in [-0.4, -0.2) is 50.3 Å². The first-order valence-corrected chi connectivity index (χ1v) is 10.0. The lowest BCUT2D eigenvalue weighted by Crippen LogP contribution is -2.43. The van der Waals surface area contributed by atoms with Crippen molar-refractivity contribution >= 4 is 29.9 Å². The summed E-state index contributed by atoms with van der Waals surface area (Å²) in [5.74, 6) is 2.37. The van der Waals surface area contributed by atoms with E-state index in [1.807, 2.05) is 55.6 Å². The van der Waals surface area contributed by atoms with Gasteiger partial charge in [-0.15, -0.1) is 24.0 Å². The van der Waals surface area contributed by atoms with E-state index < -0.39 is 0 Å². The van der Waals surface area contributed by atoms with Gasteiger partial charge in [0.1, 0.15) is 11.9 Å². The van der Waals surface area contributed by atoms with Crippen molar-refractivity contribution < 1.29 is 9.47 Å². The number of ether oxygens (including phenoxy) is 2. The molecule has 2 aromatic rings. The number of benzene rings is 2. The third kappa shape index (κ3) is 7.85. The van der Waals surface area contributed by atoms with Crippen molar-refractivity contribution in [2.75, 3.05) is 33.3 Å². The summed E-state index contributed by atoms with van der Waals surface area (Å²) in [6.45, 7) is 6.23. The van der Waals surface area contributed by atoms with Crippen LogP contribution >= 0.6 is 24.0 Å². The molecule has 6 heteroatoms. The molecule has 5 nitrogen and oxygen atoms in total. The molecule has 0 amide bonds. The zero-order valence-corrected chi connectivity index (χ0v) is 19.6. The van der Waals surface area contributed by atoms with E-state index in [1.54, 1.807) is 0 Å². The Balaban J connectivity index is 0.00000300. The fourth-order valence-electron chi connectivity index (χ4n) is 3.42. The van der Waals surface area contributed by atoms with E-state index in [-0.39, 0.29) is 30.1 Å². The molecule has 1 saturated heterocycles. The van der Waals surface area contributed by atoms with Gasteiger partial charge in [-0.2, -0.15) is 0 Å². The highest BCUT2D eigenvalue weighted by atomic mass is 127. The Morgan fingerprint density at radius 3 is 2.52 bits per heavy atom. The van der Waals surface area contributed by atoms with Crippen molar-refractivity contribution in [3.63, 3.8) is 0 Å². The second-order valence-electron chi connectivity index (χ2n) is 7.27. The van der Waals surface area contributed by atoms with Gasteiger partial charge >= 0.3 is 0 Å². The molecule has 0 saturated carbocycles. The van der Waals surface area contributed by atoms with E-state index in [4.69, 9.17) is 9.47 Å². The molecule has 0 bridgehead atoms.